The summed E-state index contributed by atoms with van der Waals surface area (Å²) >= 11 is 0. The minimum Gasteiger partial charge on any atom is -0.383 e. The van der Waals surface area contributed by atoms with Crippen molar-refractivity contribution in [3.05, 3.63) is 17.0 Å². The molecule has 0 spiro atoms. The van der Waals surface area contributed by atoms with Crippen LogP contribution in [0, 0.1) is 12.8 Å². The van der Waals surface area contributed by atoms with E-state index in [2.05, 4.69) is 5.10 Å². The van der Waals surface area contributed by atoms with E-state index in [0.717, 1.165) is 23.4 Å². The summed E-state index contributed by atoms with van der Waals surface area (Å²) in [6.07, 6.45) is 0.824. The maximum absolute atomic E-state index is 10.4. The summed E-state index contributed by atoms with van der Waals surface area (Å²) in [5.74, 6) is 0.171. The minimum atomic E-state index is -0.867. The molecule has 4 heteroatoms. The third kappa shape index (κ3) is 0.980. The summed E-state index contributed by atoms with van der Waals surface area (Å²) < 4.78 is 1.82. The third-order valence-corrected chi connectivity index (χ3v) is 3.47. The van der Waals surface area contributed by atoms with Gasteiger partial charge in [-0.3, -0.25) is 4.68 Å². The topological polar surface area (TPSA) is 64.1 Å². The molecule has 14 heavy (non-hydrogen) atoms. The van der Waals surface area contributed by atoms with Crippen LogP contribution in [0.3, 0.4) is 0 Å². The Bertz CT molecular complexity index is 372. The van der Waals surface area contributed by atoms with Gasteiger partial charge in [0.25, 0.3) is 0 Å². The third-order valence-electron chi connectivity index (χ3n) is 3.47. The van der Waals surface area contributed by atoms with E-state index < -0.39 is 5.60 Å². The number of aryl methyl sites for hydroxylation is 1. The fraction of sp³-hybridized carbons (Fsp3) is 0.700. The Labute approximate surface area is 83.7 Å². The number of hydrogen-bond acceptors (Lipinski definition) is 3. The Balaban J connectivity index is 2.60. The Kier molecular flexibility index (Phi) is 1.94. The first-order valence-electron chi connectivity index (χ1n) is 4.96. The summed E-state index contributed by atoms with van der Waals surface area (Å²) in [6, 6.07) is 0. The molecule has 0 amide bonds. The highest BCUT2D eigenvalue weighted by atomic mass is 16.3. The van der Waals surface area contributed by atoms with Gasteiger partial charge in [-0.2, -0.15) is 5.10 Å². The number of fused-ring (bicyclic) bond motifs is 1. The molecule has 1 aromatic rings. The van der Waals surface area contributed by atoms with Gasteiger partial charge < -0.3 is 10.8 Å². The highest BCUT2D eigenvalue weighted by Gasteiger charge is 2.45. The molecule has 1 aromatic heterocycles. The van der Waals surface area contributed by atoms with Crippen LogP contribution in [0.25, 0.3) is 0 Å². The number of aliphatic hydroxyl groups is 1. The van der Waals surface area contributed by atoms with Gasteiger partial charge in [-0.05, 0) is 19.3 Å². The Morgan fingerprint density at radius 3 is 2.93 bits per heavy atom. The molecule has 3 N–H and O–H groups in total. The van der Waals surface area contributed by atoms with Gasteiger partial charge in [0.05, 0.1) is 5.69 Å². The number of nitrogens with zero attached hydrogens (tertiary/aromatic N) is 2. The van der Waals surface area contributed by atoms with E-state index in [4.69, 9.17) is 5.73 Å². The lowest BCUT2D eigenvalue weighted by Gasteiger charge is -2.27. The zero-order chi connectivity index (χ0) is 10.5. The summed E-state index contributed by atoms with van der Waals surface area (Å²) in [5.41, 5.74) is 7.78. The van der Waals surface area contributed by atoms with Crippen molar-refractivity contribution in [2.75, 3.05) is 6.54 Å². The molecule has 2 unspecified atom stereocenters. The van der Waals surface area contributed by atoms with Gasteiger partial charge in [0, 0.05) is 24.8 Å². The molecule has 0 saturated heterocycles. The second-order valence-electron chi connectivity index (χ2n) is 4.26. The van der Waals surface area contributed by atoms with Gasteiger partial charge >= 0.3 is 0 Å². The normalized spacial score (nSPS) is 30.8. The molecular formula is C10H17N3O. The maximum Gasteiger partial charge on any atom is 0.108 e. The van der Waals surface area contributed by atoms with Crippen LogP contribution >= 0.6 is 0 Å². The lowest BCUT2D eigenvalue weighted by atomic mass is 9.88. The molecule has 0 aliphatic heterocycles. The molecular weight excluding hydrogens is 178 g/mol. The van der Waals surface area contributed by atoms with Gasteiger partial charge in [0.15, 0.2) is 0 Å². The SMILES string of the molecule is Cc1c2c(nn1C)CC(C)C2(O)CN. The Hall–Kier alpha value is -0.870. The molecule has 2 atom stereocenters. The summed E-state index contributed by atoms with van der Waals surface area (Å²) in [7, 11) is 1.90. The molecule has 0 aromatic carbocycles. The van der Waals surface area contributed by atoms with Gasteiger partial charge in [-0.15, -0.1) is 0 Å². The quantitative estimate of drug-likeness (QED) is 0.666. The predicted molar refractivity (Wildman–Crippen MR) is 53.8 cm³/mol. The van der Waals surface area contributed by atoms with Gasteiger partial charge in [0.1, 0.15) is 5.60 Å². The van der Waals surface area contributed by atoms with Crippen molar-refractivity contribution < 1.29 is 5.11 Å². The van der Waals surface area contributed by atoms with Crippen LogP contribution in [-0.2, 0) is 19.1 Å². The molecule has 1 heterocycles. The van der Waals surface area contributed by atoms with Crippen molar-refractivity contribution in [3.8, 4) is 0 Å². The van der Waals surface area contributed by atoms with Gasteiger partial charge in [0.2, 0.25) is 0 Å². The van der Waals surface area contributed by atoms with Crippen LogP contribution in [0.1, 0.15) is 23.9 Å². The fourth-order valence-corrected chi connectivity index (χ4v) is 2.39. The first-order chi connectivity index (χ1) is 6.50. The van der Waals surface area contributed by atoms with E-state index in [0.29, 0.717) is 0 Å². The van der Waals surface area contributed by atoms with Crippen molar-refractivity contribution in [2.45, 2.75) is 25.9 Å². The number of rotatable bonds is 1. The Morgan fingerprint density at radius 2 is 2.36 bits per heavy atom. The molecule has 2 rings (SSSR count). The number of hydrogen-bond donors (Lipinski definition) is 2. The van der Waals surface area contributed by atoms with Crippen molar-refractivity contribution in [2.24, 2.45) is 18.7 Å². The smallest absolute Gasteiger partial charge is 0.108 e. The monoisotopic (exact) mass is 195 g/mol. The second-order valence-corrected chi connectivity index (χ2v) is 4.26. The number of nitrogens with two attached hydrogens (primary N) is 1. The highest BCUT2D eigenvalue weighted by molar-refractivity contribution is 5.38. The van der Waals surface area contributed by atoms with Crippen LogP contribution in [0.5, 0.6) is 0 Å². The average Bonchev–Trinajstić information content (AvgIpc) is 2.54. The summed E-state index contributed by atoms with van der Waals surface area (Å²) in [4.78, 5) is 0. The average molecular weight is 195 g/mol. The van der Waals surface area contributed by atoms with Crippen LogP contribution in [0.4, 0.5) is 0 Å². The van der Waals surface area contributed by atoms with Crippen molar-refractivity contribution in [1.82, 2.24) is 9.78 Å². The fourth-order valence-electron chi connectivity index (χ4n) is 2.39. The molecule has 0 saturated carbocycles. The van der Waals surface area contributed by atoms with E-state index in [1.807, 2.05) is 25.6 Å². The molecule has 78 valence electrons. The zero-order valence-electron chi connectivity index (χ0n) is 8.91. The molecule has 1 aliphatic carbocycles. The number of aromatic nitrogens is 2. The molecule has 4 nitrogen and oxygen atoms in total. The standard InChI is InChI=1S/C10H17N3O/c1-6-4-8-9(10(6,14)5-11)7(2)13(3)12-8/h6,14H,4-5,11H2,1-3H3. The van der Waals surface area contributed by atoms with Crippen LogP contribution in [0.2, 0.25) is 0 Å². The lowest BCUT2D eigenvalue weighted by Crippen LogP contribution is -2.38. The molecule has 1 aliphatic rings. The van der Waals surface area contributed by atoms with Crippen LogP contribution < -0.4 is 5.73 Å². The second kappa shape index (κ2) is 2.81. The van der Waals surface area contributed by atoms with E-state index in [1.54, 1.807) is 0 Å². The molecule has 0 bridgehead atoms. The van der Waals surface area contributed by atoms with Crippen molar-refractivity contribution in [3.63, 3.8) is 0 Å². The summed E-state index contributed by atoms with van der Waals surface area (Å²) in [5, 5.41) is 14.8. The van der Waals surface area contributed by atoms with Crippen LogP contribution in [0.15, 0.2) is 0 Å². The molecule has 0 fully saturated rings. The summed E-state index contributed by atoms with van der Waals surface area (Å²) in [6.45, 7) is 4.27. The van der Waals surface area contributed by atoms with Gasteiger partial charge in [-0.1, -0.05) is 6.92 Å². The Morgan fingerprint density at radius 1 is 1.71 bits per heavy atom. The molecule has 0 radical (unpaired) electrons. The van der Waals surface area contributed by atoms with E-state index in [1.165, 1.54) is 0 Å². The first kappa shape index (κ1) is 9.68. The van der Waals surface area contributed by atoms with E-state index in [9.17, 15) is 5.11 Å². The first-order valence-corrected chi connectivity index (χ1v) is 4.96. The largest absolute Gasteiger partial charge is 0.383 e. The van der Waals surface area contributed by atoms with Crippen molar-refractivity contribution >= 4 is 0 Å². The van der Waals surface area contributed by atoms with E-state index in [-0.39, 0.29) is 12.5 Å². The predicted octanol–water partition coefficient (Wildman–Crippen LogP) is 0.0670. The van der Waals surface area contributed by atoms with Crippen molar-refractivity contribution in [1.29, 1.82) is 0 Å². The lowest BCUT2D eigenvalue weighted by molar-refractivity contribution is 0.00388. The minimum absolute atomic E-state index is 0.171. The highest BCUT2D eigenvalue weighted by Crippen LogP contribution is 2.41. The maximum atomic E-state index is 10.4. The van der Waals surface area contributed by atoms with Gasteiger partial charge in [-0.25, -0.2) is 0 Å². The van der Waals surface area contributed by atoms with Crippen LogP contribution in [-0.4, -0.2) is 21.4 Å². The van der Waals surface area contributed by atoms with E-state index >= 15 is 0 Å². The zero-order valence-corrected chi connectivity index (χ0v) is 8.91.